The second-order valence-electron chi connectivity index (χ2n) is 4.99. The molecule has 0 unspecified atom stereocenters. The second kappa shape index (κ2) is 6.25. The normalized spacial score (nSPS) is 12.2. The fourth-order valence-electron chi connectivity index (χ4n) is 2.11. The van der Waals surface area contributed by atoms with Gasteiger partial charge in [-0.3, -0.25) is 0 Å². The molecule has 0 aliphatic carbocycles. The molecule has 0 amide bonds. The van der Waals surface area contributed by atoms with Crippen LogP contribution >= 0.6 is 11.6 Å². The lowest BCUT2D eigenvalue weighted by molar-refractivity contribution is 0.617. The van der Waals surface area contributed by atoms with Crippen LogP contribution in [0.1, 0.15) is 24.1 Å². The molecule has 2 rings (SSSR count). The molecule has 2 N–H and O–H groups in total. The molecule has 0 spiro atoms. The molecule has 0 saturated carbocycles. The van der Waals surface area contributed by atoms with Crippen LogP contribution in [0.2, 0.25) is 5.02 Å². The van der Waals surface area contributed by atoms with Crippen LogP contribution in [0.5, 0.6) is 0 Å². The Morgan fingerprint density at radius 2 is 2.00 bits per heavy atom. The van der Waals surface area contributed by atoms with Gasteiger partial charge < -0.3 is 10.6 Å². The second-order valence-corrected chi connectivity index (χ2v) is 5.42. The van der Waals surface area contributed by atoms with Gasteiger partial charge in [-0.15, -0.1) is 0 Å². The highest BCUT2D eigenvalue weighted by Crippen LogP contribution is 2.23. The Bertz CT molecular complexity index is 599. The van der Waals surface area contributed by atoms with Gasteiger partial charge >= 0.3 is 0 Å². The molecule has 4 heteroatoms. The number of benzene rings is 2. The Kier molecular flexibility index (Phi) is 4.63. The minimum atomic E-state index is -0.260. The van der Waals surface area contributed by atoms with Gasteiger partial charge in [-0.05, 0) is 42.3 Å². The van der Waals surface area contributed by atoms with E-state index < -0.39 is 0 Å². The van der Waals surface area contributed by atoms with Crippen LogP contribution in [0, 0.1) is 5.82 Å². The van der Waals surface area contributed by atoms with Crippen molar-refractivity contribution in [2.45, 2.75) is 19.5 Å². The maximum absolute atomic E-state index is 14.1. The van der Waals surface area contributed by atoms with Gasteiger partial charge in [0.15, 0.2) is 0 Å². The number of halogens is 2. The molecule has 0 aliphatic rings. The van der Waals surface area contributed by atoms with Crippen LogP contribution in [-0.4, -0.2) is 7.05 Å². The molecule has 2 nitrogen and oxygen atoms in total. The van der Waals surface area contributed by atoms with Crippen LogP contribution in [-0.2, 0) is 6.54 Å². The van der Waals surface area contributed by atoms with Gasteiger partial charge in [0.05, 0.1) is 5.69 Å². The molecule has 0 fully saturated rings. The predicted molar refractivity (Wildman–Crippen MR) is 82.6 cm³/mol. The molecule has 0 aromatic heterocycles. The van der Waals surface area contributed by atoms with E-state index in [-0.39, 0.29) is 11.9 Å². The largest absolute Gasteiger partial charge is 0.368 e. The molecule has 20 heavy (non-hydrogen) atoms. The van der Waals surface area contributed by atoms with Crippen molar-refractivity contribution in [3.8, 4) is 0 Å². The smallest absolute Gasteiger partial charge is 0.146 e. The fourth-order valence-corrected chi connectivity index (χ4v) is 2.32. The number of nitrogens with two attached hydrogens (primary N) is 1. The van der Waals surface area contributed by atoms with Crippen molar-refractivity contribution < 1.29 is 4.39 Å². The maximum Gasteiger partial charge on any atom is 0.146 e. The summed E-state index contributed by atoms with van der Waals surface area (Å²) in [4.78, 5) is 1.85. The van der Waals surface area contributed by atoms with Gasteiger partial charge in [0, 0.05) is 24.7 Å². The standard InChI is InChI=1S/C16H18ClFN2/c1-11(19)13-6-7-16(15(18)9-13)20(2)10-12-4-3-5-14(17)8-12/h3-9,11H,10,19H2,1-2H3/t11-/m0/s1. The highest BCUT2D eigenvalue weighted by atomic mass is 35.5. The zero-order valence-electron chi connectivity index (χ0n) is 11.6. The van der Waals surface area contributed by atoms with E-state index in [1.165, 1.54) is 6.07 Å². The van der Waals surface area contributed by atoms with E-state index in [2.05, 4.69) is 0 Å². The van der Waals surface area contributed by atoms with E-state index in [1.807, 2.05) is 49.2 Å². The highest BCUT2D eigenvalue weighted by Gasteiger charge is 2.10. The zero-order chi connectivity index (χ0) is 14.7. The molecule has 0 bridgehead atoms. The lowest BCUT2D eigenvalue weighted by atomic mass is 10.1. The lowest BCUT2D eigenvalue weighted by Gasteiger charge is -2.21. The molecule has 2 aromatic rings. The minimum absolute atomic E-state index is 0.170. The third-order valence-corrected chi connectivity index (χ3v) is 3.45. The summed E-state index contributed by atoms with van der Waals surface area (Å²) in [6.45, 7) is 2.43. The van der Waals surface area contributed by atoms with Gasteiger partial charge in [0.2, 0.25) is 0 Å². The topological polar surface area (TPSA) is 29.3 Å². The van der Waals surface area contributed by atoms with E-state index >= 15 is 0 Å². The van der Waals surface area contributed by atoms with Crippen molar-refractivity contribution >= 4 is 17.3 Å². The predicted octanol–water partition coefficient (Wildman–Crippen LogP) is 4.14. The zero-order valence-corrected chi connectivity index (χ0v) is 12.4. The van der Waals surface area contributed by atoms with Crippen molar-refractivity contribution in [1.29, 1.82) is 0 Å². The first kappa shape index (κ1) is 14.8. The highest BCUT2D eigenvalue weighted by molar-refractivity contribution is 6.30. The summed E-state index contributed by atoms with van der Waals surface area (Å²) in [5.74, 6) is -0.260. The summed E-state index contributed by atoms with van der Waals surface area (Å²) < 4.78 is 14.1. The fraction of sp³-hybridized carbons (Fsp3) is 0.250. The van der Waals surface area contributed by atoms with Crippen LogP contribution in [0.4, 0.5) is 10.1 Å². The summed E-state index contributed by atoms with van der Waals surface area (Å²) in [7, 11) is 1.85. The first-order chi connectivity index (χ1) is 9.47. The van der Waals surface area contributed by atoms with Crippen LogP contribution in [0.15, 0.2) is 42.5 Å². The van der Waals surface area contributed by atoms with Crippen LogP contribution in [0.25, 0.3) is 0 Å². The Morgan fingerprint density at radius 3 is 2.60 bits per heavy atom. The van der Waals surface area contributed by atoms with E-state index in [0.717, 1.165) is 11.1 Å². The molecule has 0 heterocycles. The number of hydrogen-bond acceptors (Lipinski definition) is 2. The molecule has 0 radical (unpaired) electrons. The molecule has 0 aliphatic heterocycles. The van der Waals surface area contributed by atoms with Crippen molar-refractivity contribution in [2.75, 3.05) is 11.9 Å². The number of anilines is 1. The average molecular weight is 293 g/mol. The average Bonchev–Trinajstić information content (AvgIpc) is 2.38. The van der Waals surface area contributed by atoms with E-state index in [9.17, 15) is 4.39 Å². The monoisotopic (exact) mass is 292 g/mol. The van der Waals surface area contributed by atoms with Crippen molar-refractivity contribution in [1.82, 2.24) is 0 Å². The molecular weight excluding hydrogens is 275 g/mol. The van der Waals surface area contributed by atoms with E-state index in [0.29, 0.717) is 17.3 Å². The number of hydrogen-bond donors (Lipinski definition) is 1. The molecule has 1 atom stereocenters. The molecule has 0 saturated heterocycles. The van der Waals surface area contributed by atoms with E-state index in [4.69, 9.17) is 17.3 Å². The number of nitrogens with zero attached hydrogens (tertiary/aromatic N) is 1. The summed E-state index contributed by atoms with van der Waals surface area (Å²) >= 11 is 5.95. The summed E-state index contributed by atoms with van der Waals surface area (Å²) in [5, 5.41) is 0.684. The Morgan fingerprint density at radius 1 is 1.25 bits per heavy atom. The van der Waals surface area contributed by atoms with Crippen LogP contribution < -0.4 is 10.6 Å². The summed E-state index contributed by atoms with van der Waals surface area (Å²) in [5.41, 5.74) is 8.14. The molecule has 2 aromatic carbocycles. The third-order valence-electron chi connectivity index (χ3n) is 3.22. The minimum Gasteiger partial charge on any atom is -0.368 e. The SMILES string of the molecule is C[C@H](N)c1ccc(N(C)Cc2cccc(Cl)c2)c(F)c1. The summed E-state index contributed by atoms with van der Waals surface area (Å²) in [6, 6.07) is 12.5. The quantitative estimate of drug-likeness (QED) is 0.918. The van der Waals surface area contributed by atoms with E-state index in [1.54, 1.807) is 6.07 Å². The summed E-state index contributed by atoms with van der Waals surface area (Å²) in [6.07, 6.45) is 0. The van der Waals surface area contributed by atoms with Crippen LogP contribution in [0.3, 0.4) is 0 Å². The maximum atomic E-state index is 14.1. The Labute approximate surface area is 124 Å². The molecular formula is C16H18ClFN2. The Balaban J connectivity index is 2.19. The molecule has 106 valence electrons. The van der Waals surface area contributed by atoms with Gasteiger partial charge in [-0.2, -0.15) is 0 Å². The van der Waals surface area contributed by atoms with Crippen molar-refractivity contribution in [3.63, 3.8) is 0 Å². The lowest BCUT2D eigenvalue weighted by Crippen LogP contribution is -2.18. The van der Waals surface area contributed by atoms with Crippen molar-refractivity contribution in [3.05, 3.63) is 64.4 Å². The van der Waals surface area contributed by atoms with Gasteiger partial charge in [-0.1, -0.05) is 29.8 Å². The van der Waals surface area contributed by atoms with Gasteiger partial charge in [0.1, 0.15) is 5.82 Å². The first-order valence-corrected chi connectivity index (χ1v) is 6.86. The Hall–Kier alpha value is -1.58. The van der Waals surface area contributed by atoms with Gasteiger partial charge in [0.25, 0.3) is 0 Å². The third kappa shape index (κ3) is 3.50. The number of rotatable bonds is 4. The van der Waals surface area contributed by atoms with Gasteiger partial charge in [-0.25, -0.2) is 4.39 Å². The first-order valence-electron chi connectivity index (χ1n) is 6.48. The van der Waals surface area contributed by atoms with Crippen molar-refractivity contribution in [2.24, 2.45) is 5.73 Å².